The molecule has 3 heteroatoms. The van der Waals surface area contributed by atoms with Crippen molar-refractivity contribution in [3.63, 3.8) is 0 Å². The van der Waals surface area contributed by atoms with Crippen LogP contribution in [0.15, 0.2) is 36.6 Å². The first kappa shape index (κ1) is 21.4. The fourth-order valence-corrected chi connectivity index (χ4v) is 1.78. The van der Waals surface area contributed by atoms with Gasteiger partial charge in [0.1, 0.15) is 6.61 Å². The van der Waals surface area contributed by atoms with Gasteiger partial charge in [0.25, 0.3) is 0 Å². The third-order valence-corrected chi connectivity index (χ3v) is 3.24. The highest BCUT2D eigenvalue weighted by molar-refractivity contribution is 5.70. The van der Waals surface area contributed by atoms with Crippen LogP contribution in [0.4, 0.5) is 0 Å². The smallest absolute Gasteiger partial charge is 0.111 e. The van der Waals surface area contributed by atoms with Crippen LogP contribution < -0.4 is 0 Å². The van der Waals surface area contributed by atoms with Crippen molar-refractivity contribution >= 4 is 11.1 Å². The summed E-state index contributed by atoms with van der Waals surface area (Å²) in [4.78, 5) is 0. The van der Waals surface area contributed by atoms with Gasteiger partial charge in [0.05, 0.1) is 26.1 Å². The van der Waals surface area contributed by atoms with Crippen molar-refractivity contribution in [2.45, 2.75) is 34.6 Å². The molecule has 1 aromatic rings. The summed E-state index contributed by atoms with van der Waals surface area (Å²) in [6.07, 6.45) is 3.91. The third kappa shape index (κ3) is 9.22. The fourth-order valence-electron chi connectivity index (χ4n) is 1.78. The standard InChI is InChI=1S/C18H26O3.C2H6/c1-5-15(2)17-7-6-8-18(13-17)16(3)14-21-12-11-20-10-9-19-4;1-2/h5-8,13-14H,9-12H2,1-4H3;1-2H3/b15-5+,16-14+;. The van der Waals surface area contributed by atoms with Crippen molar-refractivity contribution in [3.05, 3.63) is 47.7 Å². The molecular weight excluding hydrogens is 288 g/mol. The lowest BCUT2D eigenvalue weighted by Crippen LogP contribution is -2.06. The lowest BCUT2D eigenvalue weighted by atomic mass is 10.0. The Morgan fingerprint density at radius 1 is 0.957 bits per heavy atom. The van der Waals surface area contributed by atoms with Gasteiger partial charge in [-0.15, -0.1) is 0 Å². The van der Waals surface area contributed by atoms with E-state index in [1.165, 1.54) is 16.7 Å². The van der Waals surface area contributed by atoms with Crippen LogP contribution in [0.1, 0.15) is 45.7 Å². The first-order chi connectivity index (χ1) is 11.2. The van der Waals surface area contributed by atoms with Crippen LogP contribution >= 0.6 is 0 Å². The van der Waals surface area contributed by atoms with E-state index in [1.54, 1.807) is 13.4 Å². The predicted octanol–water partition coefficient (Wildman–Crippen LogP) is 5.18. The van der Waals surface area contributed by atoms with Gasteiger partial charge in [-0.05, 0) is 49.1 Å². The van der Waals surface area contributed by atoms with Crippen molar-refractivity contribution < 1.29 is 14.2 Å². The van der Waals surface area contributed by atoms with E-state index in [2.05, 4.69) is 51.1 Å². The monoisotopic (exact) mass is 320 g/mol. The highest BCUT2D eigenvalue weighted by Gasteiger charge is 2.00. The second kappa shape index (κ2) is 14.0. The first-order valence-corrected chi connectivity index (χ1v) is 8.27. The Hall–Kier alpha value is -1.58. The number of rotatable bonds is 9. The molecule has 0 aliphatic heterocycles. The van der Waals surface area contributed by atoms with Gasteiger partial charge >= 0.3 is 0 Å². The Balaban J connectivity index is 0.00000232. The molecule has 130 valence electrons. The second-order valence-corrected chi connectivity index (χ2v) is 4.83. The fraction of sp³-hybridized carbons (Fsp3) is 0.500. The van der Waals surface area contributed by atoms with E-state index < -0.39 is 0 Å². The van der Waals surface area contributed by atoms with Crippen molar-refractivity contribution in [3.8, 4) is 0 Å². The van der Waals surface area contributed by atoms with E-state index in [1.807, 2.05) is 13.8 Å². The molecule has 0 N–H and O–H groups in total. The van der Waals surface area contributed by atoms with E-state index in [4.69, 9.17) is 14.2 Å². The van der Waals surface area contributed by atoms with Crippen molar-refractivity contribution in [1.82, 2.24) is 0 Å². The molecule has 1 aromatic carbocycles. The summed E-state index contributed by atoms with van der Waals surface area (Å²) < 4.78 is 15.8. The van der Waals surface area contributed by atoms with E-state index in [0.717, 1.165) is 5.57 Å². The van der Waals surface area contributed by atoms with E-state index >= 15 is 0 Å². The molecular formula is C20H32O3. The minimum Gasteiger partial charge on any atom is -0.498 e. The van der Waals surface area contributed by atoms with E-state index in [0.29, 0.717) is 26.4 Å². The van der Waals surface area contributed by atoms with Gasteiger partial charge in [0.2, 0.25) is 0 Å². The molecule has 23 heavy (non-hydrogen) atoms. The highest BCUT2D eigenvalue weighted by Crippen LogP contribution is 2.20. The average Bonchev–Trinajstić information content (AvgIpc) is 2.61. The van der Waals surface area contributed by atoms with Gasteiger partial charge in [0, 0.05) is 7.11 Å². The molecule has 0 amide bonds. The van der Waals surface area contributed by atoms with Crippen LogP contribution in [0.5, 0.6) is 0 Å². The van der Waals surface area contributed by atoms with E-state index in [-0.39, 0.29) is 0 Å². The van der Waals surface area contributed by atoms with Crippen LogP contribution in [0, 0.1) is 0 Å². The minimum absolute atomic E-state index is 0.550. The van der Waals surface area contributed by atoms with Crippen LogP contribution in [0.25, 0.3) is 11.1 Å². The molecule has 0 heterocycles. The number of ether oxygens (including phenoxy) is 3. The Kier molecular flexibility index (Phi) is 13.1. The third-order valence-electron chi connectivity index (χ3n) is 3.24. The Morgan fingerprint density at radius 3 is 2.17 bits per heavy atom. The lowest BCUT2D eigenvalue weighted by Gasteiger charge is -2.07. The molecule has 0 atom stereocenters. The summed E-state index contributed by atoms with van der Waals surface area (Å²) in [5.74, 6) is 0. The molecule has 0 radical (unpaired) electrons. The topological polar surface area (TPSA) is 27.7 Å². The van der Waals surface area contributed by atoms with Gasteiger partial charge in [-0.2, -0.15) is 0 Å². The SMILES string of the molecule is C/C=C(\C)c1cccc(/C(C)=C/OCCOCCOC)c1.CC. The van der Waals surface area contributed by atoms with Gasteiger partial charge in [-0.1, -0.05) is 38.1 Å². The molecule has 0 fully saturated rings. The summed E-state index contributed by atoms with van der Waals surface area (Å²) in [6.45, 7) is 12.6. The van der Waals surface area contributed by atoms with Gasteiger partial charge in [-0.3, -0.25) is 0 Å². The minimum atomic E-state index is 0.550. The maximum atomic E-state index is 5.51. The summed E-state index contributed by atoms with van der Waals surface area (Å²) >= 11 is 0. The molecule has 3 nitrogen and oxygen atoms in total. The molecule has 0 saturated carbocycles. The number of hydrogen-bond acceptors (Lipinski definition) is 3. The van der Waals surface area contributed by atoms with Gasteiger partial charge in [-0.25, -0.2) is 0 Å². The number of benzene rings is 1. The maximum Gasteiger partial charge on any atom is 0.111 e. The summed E-state index contributed by atoms with van der Waals surface area (Å²) in [5.41, 5.74) is 4.80. The lowest BCUT2D eigenvalue weighted by molar-refractivity contribution is 0.0465. The molecule has 0 saturated heterocycles. The largest absolute Gasteiger partial charge is 0.498 e. The molecule has 0 aliphatic carbocycles. The molecule has 0 aromatic heterocycles. The zero-order chi connectivity index (χ0) is 17.5. The summed E-state index contributed by atoms with van der Waals surface area (Å²) in [5, 5.41) is 0. The number of allylic oxidation sites excluding steroid dienone is 3. The highest BCUT2D eigenvalue weighted by atomic mass is 16.5. The Bertz CT molecular complexity index is 476. The molecule has 0 unspecified atom stereocenters. The maximum absolute atomic E-state index is 5.51. The van der Waals surface area contributed by atoms with Crippen molar-refractivity contribution in [1.29, 1.82) is 0 Å². The van der Waals surface area contributed by atoms with Crippen LogP contribution in [0.2, 0.25) is 0 Å². The number of hydrogen-bond donors (Lipinski definition) is 0. The van der Waals surface area contributed by atoms with Crippen molar-refractivity contribution in [2.24, 2.45) is 0 Å². The van der Waals surface area contributed by atoms with Crippen LogP contribution in [-0.4, -0.2) is 33.5 Å². The first-order valence-electron chi connectivity index (χ1n) is 8.27. The van der Waals surface area contributed by atoms with Crippen LogP contribution in [0.3, 0.4) is 0 Å². The molecule has 0 aliphatic rings. The number of methoxy groups -OCH3 is 1. The van der Waals surface area contributed by atoms with E-state index in [9.17, 15) is 0 Å². The van der Waals surface area contributed by atoms with Crippen LogP contribution in [-0.2, 0) is 14.2 Å². The predicted molar refractivity (Wildman–Crippen MR) is 99.4 cm³/mol. The Labute approximate surface area is 142 Å². The summed E-state index contributed by atoms with van der Waals surface area (Å²) in [6, 6.07) is 8.47. The van der Waals surface area contributed by atoms with Crippen molar-refractivity contribution in [2.75, 3.05) is 33.5 Å². The molecule has 0 bridgehead atoms. The van der Waals surface area contributed by atoms with Gasteiger partial charge < -0.3 is 14.2 Å². The normalized spacial score (nSPS) is 11.7. The second-order valence-electron chi connectivity index (χ2n) is 4.83. The quantitative estimate of drug-likeness (QED) is 0.464. The molecule has 0 spiro atoms. The Morgan fingerprint density at radius 2 is 1.57 bits per heavy atom. The summed E-state index contributed by atoms with van der Waals surface area (Å²) in [7, 11) is 1.66. The van der Waals surface area contributed by atoms with Gasteiger partial charge in [0.15, 0.2) is 0 Å². The average molecular weight is 320 g/mol. The molecule has 1 rings (SSSR count). The zero-order valence-corrected chi connectivity index (χ0v) is 15.5. The zero-order valence-electron chi connectivity index (χ0n) is 15.5.